The van der Waals surface area contributed by atoms with Crippen LogP contribution in [0.1, 0.15) is 17.2 Å². The van der Waals surface area contributed by atoms with Gasteiger partial charge in [-0.15, -0.1) is 0 Å². The summed E-state index contributed by atoms with van der Waals surface area (Å²) in [4.78, 5) is 11.4. The lowest BCUT2D eigenvalue weighted by molar-refractivity contribution is 0.167. The molecule has 0 spiro atoms. The van der Waals surface area contributed by atoms with Gasteiger partial charge in [0.15, 0.2) is 6.10 Å². The minimum atomic E-state index is -0.685. The predicted octanol–water partition coefficient (Wildman–Crippen LogP) is 4.19. The molecule has 0 saturated carbocycles. The van der Waals surface area contributed by atoms with Crippen LogP contribution in [0, 0.1) is 6.92 Å². The maximum absolute atomic E-state index is 13.3. The highest BCUT2D eigenvalue weighted by molar-refractivity contribution is 5.81. The first kappa shape index (κ1) is 14.3. The van der Waals surface area contributed by atoms with Gasteiger partial charge in [-0.25, -0.2) is 9.18 Å². The summed E-state index contributed by atoms with van der Waals surface area (Å²) in [5.41, 5.74) is 1.62. The normalized spacial score (nSPS) is 12.3. The number of rotatable bonds is 4. The molecule has 0 aliphatic carbocycles. The van der Waals surface area contributed by atoms with Gasteiger partial charge in [-0.3, -0.25) is 0 Å². The van der Waals surface area contributed by atoms with Gasteiger partial charge in [0.05, 0.1) is 0 Å². The monoisotopic (exact) mass is 298 g/mol. The van der Waals surface area contributed by atoms with E-state index < -0.39 is 18.4 Å². The quantitative estimate of drug-likeness (QED) is 0.678. The van der Waals surface area contributed by atoms with Crippen molar-refractivity contribution in [3.63, 3.8) is 0 Å². The molecule has 1 unspecified atom stereocenters. The number of hydrogen-bond acceptors (Lipinski definition) is 3. The molecule has 3 rings (SSSR count). The lowest BCUT2D eigenvalue weighted by Crippen LogP contribution is -2.09. The Bertz CT molecular complexity index is 840. The van der Waals surface area contributed by atoms with E-state index in [-0.39, 0.29) is 0 Å². The molecule has 1 aromatic heterocycles. The van der Waals surface area contributed by atoms with E-state index in [2.05, 4.69) is 0 Å². The summed E-state index contributed by atoms with van der Waals surface area (Å²) >= 11 is 0. The molecule has 0 N–H and O–H groups in total. The Hall–Kier alpha value is -2.62. The molecule has 0 amide bonds. The summed E-state index contributed by atoms with van der Waals surface area (Å²) < 4.78 is 24.1. The Morgan fingerprint density at radius 2 is 1.91 bits per heavy atom. The molecule has 2 aromatic carbocycles. The van der Waals surface area contributed by atoms with Crippen molar-refractivity contribution in [3.8, 4) is 5.75 Å². The Labute approximate surface area is 127 Å². The number of hydrogen-bond donors (Lipinski definition) is 0. The molecule has 0 radical (unpaired) electrons. The van der Waals surface area contributed by atoms with Crippen LogP contribution in [-0.4, -0.2) is 6.67 Å². The zero-order chi connectivity index (χ0) is 15.5. The summed E-state index contributed by atoms with van der Waals surface area (Å²) in [6.45, 7) is 1.20. The highest BCUT2D eigenvalue weighted by Gasteiger charge is 2.13. The van der Waals surface area contributed by atoms with E-state index in [1.54, 1.807) is 12.1 Å². The van der Waals surface area contributed by atoms with E-state index in [1.165, 1.54) is 6.07 Å². The van der Waals surface area contributed by atoms with E-state index in [1.807, 2.05) is 43.3 Å². The van der Waals surface area contributed by atoms with Crippen molar-refractivity contribution < 1.29 is 13.5 Å². The summed E-state index contributed by atoms with van der Waals surface area (Å²) in [6.07, 6.45) is -0.685. The third kappa shape index (κ3) is 2.86. The van der Waals surface area contributed by atoms with Crippen molar-refractivity contribution in [3.05, 3.63) is 76.1 Å². The molecule has 0 fully saturated rings. The molecule has 0 aliphatic rings. The number of fused-ring (bicyclic) bond motifs is 1. The fraction of sp³-hybridized carbons (Fsp3) is 0.167. The highest BCUT2D eigenvalue weighted by atomic mass is 19.1. The minimum Gasteiger partial charge on any atom is -0.483 e. The summed E-state index contributed by atoms with van der Waals surface area (Å²) in [5, 5.41) is 0.837. The van der Waals surface area contributed by atoms with E-state index in [0.717, 1.165) is 16.5 Å². The van der Waals surface area contributed by atoms with Gasteiger partial charge >= 0.3 is 5.63 Å². The maximum atomic E-state index is 13.3. The van der Waals surface area contributed by atoms with Gasteiger partial charge in [0.2, 0.25) is 0 Å². The molecule has 112 valence electrons. The van der Waals surface area contributed by atoms with Gasteiger partial charge in [-0.2, -0.15) is 0 Å². The van der Waals surface area contributed by atoms with Crippen molar-refractivity contribution in [1.82, 2.24) is 0 Å². The molecule has 3 nitrogen and oxygen atoms in total. The smallest absolute Gasteiger partial charge is 0.336 e. The standard InChI is InChI=1S/C18H15FO3/c1-12-9-18(20)22-16-10-14(7-8-15(12)16)21-17(11-19)13-5-3-2-4-6-13/h2-10,17H,11H2,1H3. The molecule has 1 atom stereocenters. The van der Waals surface area contributed by atoms with Crippen LogP contribution in [0.4, 0.5) is 4.39 Å². The van der Waals surface area contributed by atoms with E-state index in [0.29, 0.717) is 11.3 Å². The average molecular weight is 298 g/mol. The molecule has 0 saturated heterocycles. The lowest BCUT2D eigenvalue weighted by atomic mass is 10.1. The van der Waals surface area contributed by atoms with Crippen molar-refractivity contribution >= 4 is 11.0 Å². The van der Waals surface area contributed by atoms with Gasteiger partial charge in [-0.05, 0) is 30.2 Å². The van der Waals surface area contributed by atoms with Gasteiger partial charge in [0, 0.05) is 17.5 Å². The van der Waals surface area contributed by atoms with Crippen LogP contribution in [0.25, 0.3) is 11.0 Å². The first-order chi connectivity index (χ1) is 10.7. The molecular formula is C18H15FO3. The Morgan fingerprint density at radius 3 is 2.64 bits per heavy atom. The SMILES string of the molecule is Cc1cc(=O)oc2cc(OC(CF)c3ccccc3)ccc12. The fourth-order valence-corrected chi connectivity index (χ4v) is 2.40. The zero-order valence-electron chi connectivity index (χ0n) is 12.1. The predicted molar refractivity (Wildman–Crippen MR) is 83.0 cm³/mol. The second kappa shape index (κ2) is 6.02. The topological polar surface area (TPSA) is 39.4 Å². The van der Waals surface area contributed by atoms with Crippen LogP contribution < -0.4 is 10.4 Å². The molecule has 1 heterocycles. The molecule has 0 bridgehead atoms. The van der Waals surface area contributed by atoms with Gasteiger partial charge in [0.25, 0.3) is 0 Å². The third-order valence-electron chi connectivity index (χ3n) is 3.51. The maximum Gasteiger partial charge on any atom is 0.336 e. The van der Waals surface area contributed by atoms with Gasteiger partial charge in [0.1, 0.15) is 18.0 Å². The van der Waals surface area contributed by atoms with Crippen LogP contribution in [0.5, 0.6) is 5.75 Å². The number of benzene rings is 2. The summed E-state index contributed by atoms with van der Waals surface area (Å²) in [7, 11) is 0. The second-order valence-electron chi connectivity index (χ2n) is 5.08. The highest BCUT2D eigenvalue weighted by Crippen LogP contribution is 2.26. The fourth-order valence-electron chi connectivity index (χ4n) is 2.40. The number of alkyl halides is 1. The number of halogens is 1. The third-order valence-corrected chi connectivity index (χ3v) is 3.51. The average Bonchev–Trinajstić information content (AvgIpc) is 2.53. The van der Waals surface area contributed by atoms with Crippen molar-refractivity contribution in [2.24, 2.45) is 0 Å². The van der Waals surface area contributed by atoms with Crippen molar-refractivity contribution in [2.45, 2.75) is 13.0 Å². The second-order valence-corrected chi connectivity index (χ2v) is 5.08. The first-order valence-corrected chi connectivity index (χ1v) is 6.99. The summed E-state index contributed by atoms with van der Waals surface area (Å²) in [6, 6.07) is 15.8. The molecule has 22 heavy (non-hydrogen) atoms. The first-order valence-electron chi connectivity index (χ1n) is 6.99. The lowest BCUT2D eigenvalue weighted by Gasteiger charge is -2.16. The largest absolute Gasteiger partial charge is 0.483 e. The Balaban J connectivity index is 1.95. The van der Waals surface area contributed by atoms with E-state index in [4.69, 9.17) is 9.15 Å². The summed E-state index contributed by atoms with van der Waals surface area (Å²) in [5.74, 6) is 0.466. The van der Waals surface area contributed by atoms with Crippen molar-refractivity contribution in [2.75, 3.05) is 6.67 Å². The van der Waals surface area contributed by atoms with Crippen LogP contribution in [-0.2, 0) is 0 Å². The van der Waals surface area contributed by atoms with Crippen molar-refractivity contribution in [1.29, 1.82) is 0 Å². The van der Waals surface area contributed by atoms with E-state index in [9.17, 15) is 9.18 Å². The van der Waals surface area contributed by atoms with Crippen LogP contribution in [0.15, 0.2) is 63.8 Å². The Morgan fingerprint density at radius 1 is 1.14 bits per heavy atom. The number of ether oxygens (including phenoxy) is 1. The minimum absolute atomic E-state index is 0.410. The molecule has 0 aliphatic heterocycles. The molecule has 4 heteroatoms. The number of aryl methyl sites for hydroxylation is 1. The Kier molecular flexibility index (Phi) is 3.92. The molecule has 3 aromatic rings. The zero-order valence-corrected chi connectivity index (χ0v) is 12.1. The van der Waals surface area contributed by atoms with Gasteiger partial charge < -0.3 is 9.15 Å². The van der Waals surface area contributed by atoms with Crippen LogP contribution in [0.2, 0.25) is 0 Å². The van der Waals surface area contributed by atoms with Gasteiger partial charge in [-0.1, -0.05) is 30.3 Å². The van der Waals surface area contributed by atoms with E-state index >= 15 is 0 Å². The van der Waals surface area contributed by atoms with Crippen LogP contribution >= 0.6 is 0 Å². The molecular weight excluding hydrogens is 283 g/mol. The van der Waals surface area contributed by atoms with Crippen LogP contribution in [0.3, 0.4) is 0 Å².